The number of hydrogen-bond acceptors (Lipinski definition) is 10. The van der Waals surface area contributed by atoms with Crippen LogP contribution in [-0.2, 0) is 14.2 Å². The van der Waals surface area contributed by atoms with Crippen LogP contribution < -0.4 is 0 Å². The summed E-state index contributed by atoms with van der Waals surface area (Å²) in [4.78, 5) is 0. The van der Waals surface area contributed by atoms with Crippen molar-refractivity contribution in [1.29, 1.82) is 0 Å². The third kappa shape index (κ3) is 5.28. The van der Waals surface area contributed by atoms with Gasteiger partial charge in [-0.15, -0.1) is 0 Å². The van der Waals surface area contributed by atoms with Gasteiger partial charge >= 0.3 is 0 Å². The zero-order chi connectivity index (χ0) is 20.3. The molecule has 2 heterocycles. The average molecular weight is 410 g/mol. The van der Waals surface area contributed by atoms with Gasteiger partial charge in [-0.1, -0.05) is 19.1 Å². The van der Waals surface area contributed by atoms with Gasteiger partial charge in [-0.05, 0) is 20.3 Å². The molecular formula is C18H34O10. The normalized spacial score (nSPS) is 44.8. The first-order valence-electron chi connectivity index (χ1n) is 8.95. The average Bonchev–Trinajstić information content (AvgIpc) is 2.67. The minimum atomic E-state index is -1.67. The van der Waals surface area contributed by atoms with Gasteiger partial charge in [0.15, 0.2) is 6.29 Å². The molecule has 0 saturated carbocycles. The Hall–Kier alpha value is -0.660. The van der Waals surface area contributed by atoms with Crippen molar-refractivity contribution < 1.29 is 50.0 Å². The van der Waals surface area contributed by atoms with Crippen molar-refractivity contribution in [2.45, 2.75) is 88.9 Å². The number of aliphatic hydroxyl groups is 7. The summed E-state index contributed by atoms with van der Waals surface area (Å²) in [6.45, 7) is 2.50. The van der Waals surface area contributed by atoms with Crippen molar-refractivity contribution in [3.05, 3.63) is 11.6 Å². The Kier molecular flexibility index (Phi) is 9.90. The second-order valence-electron chi connectivity index (χ2n) is 7.01. The van der Waals surface area contributed by atoms with Gasteiger partial charge < -0.3 is 50.0 Å². The fourth-order valence-corrected chi connectivity index (χ4v) is 3.27. The SMILES string of the molecule is C.C/C=C(\C)C[C@@H]1O[C@H](CO)[C@@H](OC2O[C@H](CO)[C@H](O)[C@H](O)[C@H]2O)[C@H](O)[C@H]1O. The molecule has 1 unspecified atom stereocenters. The molecule has 2 aliphatic rings. The highest BCUT2D eigenvalue weighted by Crippen LogP contribution is 2.30. The van der Waals surface area contributed by atoms with E-state index in [4.69, 9.17) is 14.2 Å². The molecule has 2 fully saturated rings. The Balaban J connectivity index is 0.00000392. The lowest BCUT2D eigenvalue weighted by Gasteiger charge is -2.46. The third-order valence-electron chi connectivity index (χ3n) is 5.12. The molecule has 0 spiro atoms. The molecule has 7 N–H and O–H groups in total. The Bertz CT molecular complexity index is 497. The van der Waals surface area contributed by atoms with Gasteiger partial charge in [0.2, 0.25) is 0 Å². The van der Waals surface area contributed by atoms with Gasteiger partial charge in [-0.2, -0.15) is 0 Å². The highest BCUT2D eigenvalue weighted by Gasteiger charge is 2.50. The van der Waals surface area contributed by atoms with E-state index in [1.165, 1.54) is 0 Å². The number of hydrogen-bond donors (Lipinski definition) is 7. The fourth-order valence-electron chi connectivity index (χ4n) is 3.27. The maximum atomic E-state index is 10.5. The number of ether oxygens (including phenoxy) is 3. The molecule has 0 aromatic heterocycles. The summed E-state index contributed by atoms with van der Waals surface area (Å²) < 4.78 is 16.4. The van der Waals surface area contributed by atoms with Crippen LogP contribution >= 0.6 is 0 Å². The van der Waals surface area contributed by atoms with E-state index >= 15 is 0 Å². The molecule has 2 rings (SSSR count). The van der Waals surface area contributed by atoms with E-state index in [0.29, 0.717) is 6.42 Å². The molecule has 0 radical (unpaired) electrons. The monoisotopic (exact) mass is 410 g/mol. The van der Waals surface area contributed by atoms with Gasteiger partial charge in [0.1, 0.15) is 48.8 Å². The van der Waals surface area contributed by atoms with Gasteiger partial charge in [-0.25, -0.2) is 0 Å². The van der Waals surface area contributed by atoms with Crippen molar-refractivity contribution >= 4 is 0 Å². The quantitative estimate of drug-likeness (QED) is 0.235. The number of allylic oxidation sites excluding steroid dienone is 1. The standard InChI is InChI=1S/C17H30O10.CH4/c1-3-7(2)4-8-11(20)14(23)16(10(6-19)25-8)27-17-15(24)13(22)12(21)9(5-18)26-17;/h3,8-24H,4-6H2,1-2H3;1H4/b7-3+;/t8-,9+,10+,11-,12-,13-,14+,15+,16+,17?;/m0./s1. The van der Waals surface area contributed by atoms with Crippen LogP contribution in [-0.4, -0.2) is 110 Å². The molecular weight excluding hydrogens is 376 g/mol. The molecule has 10 heteroatoms. The van der Waals surface area contributed by atoms with Crippen molar-refractivity contribution in [2.24, 2.45) is 0 Å². The van der Waals surface area contributed by atoms with Gasteiger partial charge in [-0.3, -0.25) is 0 Å². The summed E-state index contributed by atoms with van der Waals surface area (Å²) in [5.74, 6) is 0. The predicted octanol–water partition coefficient (Wildman–Crippen LogP) is -2.35. The predicted molar refractivity (Wildman–Crippen MR) is 97.2 cm³/mol. The first kappa shape index (κ1) is 25.4. The largest absolute Gasteiger partial charge is 0.394 e. The number of aliphatic hydroxyl groups excluding tert-OH is 7. The van der Waals surface area contributed by atoms with E-state index in [0.717, 1.165) is 5.57 Å². The van der Waals surface area contributed by atoms with E-state index < -0.39 is 74.4 Å². The van der Waals surface area contributed by atoms with Gasteiger partial charge in [0.25, 0.3) is 0 Å². The zero-order valence-electron chi connectivity index (χ0n) is 15.3. The topological polar surface area (TPSA) is 169 Å². The van der Waals surface area contributed by atoms with E-state index in [2.05, 4.69) is 0 Å². The molecule has 0 aliphatic carbocycles. The minimum absolute atomic E-state index is 0. The smallest absolute Gasteiger partial charge is 0.187 e. The lowest BCUT2D eigenvalue weighted by Crippen LogP contribution is -2.64. The summed E-state index contributed by atoms with van der Waals surface area (Å²) in [5, 5.41) is 69.4. The molecule has 10 nitrogen and oxygen atoms in total. The molecule has 0 bridgehead atoms. The lowest BCUT2D eigenvalue weighted by molar-refractivity contribution is -0.341. The van der Waals surface area contributed by atoms with E-state index in [1.807, 2.05) is 19.9 Å². The number of rotatable bonds is 6. The molecule has 10 atom stereocenters. The highest BCUT2D eigenvalue weighted by atomic mass is 16.7. The Labute approximate surface area is 164 Å². The fraction of sp³-hybridized carbons (Fsp3) is 0.889. The van der Waals surface area contributed by atoms with Crippen LogP contribution in [0.2, 0.25) is 0 Å². The lowest BCUT2D eigenvalue weighted by atomic mass is 9.91. The Morgan fingerprint density at radius 1 is 0.821 bits per heavy atom. The van der Waals surface area contributed by atoms with Crippen LogP contribution in [0.4, 0.5) is 0 Å². The molecule has 166 valence electrons. The maximum Gasteiger partial charge on any atom is 0.187 e. The van der Waals surface area contributed by atoms with E-state index in [1.54, 1.807) is 0 Å². The molecule has 0 aromatic carbocycles. The minimum Gasteiger partial charge on any atom is -0.394 e. The van der Waals surface area contributed by atoms with Crippen molar-refractivity contribution in [3.63, 3.8) is 0 Å². The molecule has 2 saturated heterocycles. The second-order valence-corrected chi connectivity index (χ2v) is 7.01. The summed E-state index contributed by atoms with van der Waals surface area (Å²) in [7, 11) is 0. The van der Waals surface area contributed by atoms with Crippen LogP contribution in [0.3, 0.4) is 0 Å². The molecule has 28 heavy (non-hydrogen) atoms. The zero-order valence-corrected chi connectivity index (χ0v) is 15.3. The van der Waals surface area contributed by atoms with Crippen LogP contribution in [0.5, 0.6) is 0 Å². The molecule has 2 aliphatic heterocycles. The Morgan fingerprint density at radius 3 is 1.93 bits per heavy atom. The van der Waals surface area contributed by atoms with Gasteiger partial charge in [0.05, 0.1) is 19.3 Å². The van der Waals surface area contributed by atoms with Crippen molar-refractivity contribution in [1.82, 2.24) is 0 Å². The van der Waals surface area contributed by atoms with Gasteiger partial charge in [0, 0.05) is 0 Å². The van der Waals surface area contributed by atoms with E-state index in [9.17, 15) is 35.7 Å². The van der Waals surface area contributed by atoms with Crippen molar-refractivity contribution in [3.8, 4) is 0 Å². The van der Waals surface area contributed by atoms with Crippen LogP contribution in [0, 0.1) is 0 Å². The first-order chi connectivity index (χ1) is 12.7. The summed E-state index contributed by atoms with van der Waals surface area (Å²) >= 11 is 0. The third-order valence-corrected chi connectivity index (χ3v) is 5.12. The molecule has 0 aromatic rings. The van der Waals surface area contributed by atoms with Crippen LogP contribution in [0.25, 0.3) is 0 Å². The second kappa shape index (κ2) is 10.9. The van der Waals surface area contributed by atoms with Crippen LogP contribution in [0.1, 0.15) is 27.7 Å². The first-order valence-corrected chi connectivity index (χ1v) is 8.95. The van der Waals surface area contributed by atoms with Crippen molar-refractivity contribution in [2.75, 3.05) is 13.2 Å². The maximum absolute atomic E-state index is 10.5. The van der Waals surface area contributed by atoms with E-state index in [-0.39, 0.29) is 7.43 Å². The van der Waals surface area contributed by atoms with Crippen LogP contribution in [0.15, 0.2) is 11.6 Å². The summed E-state index contributed by atoms with van der Waals surface area (Å²) in [6.07, 6.45) is -11.2. The Morgan fingerprint density at radius 2 is 1.39 bits per heavy atom. The highest BCUT2D eigenvalue weighted by molar-refractivity contribution is 5.03. The summed E-state index contributed by atoms with van der Waals surface area (Å²) in [5.41, 5.74) is 0.927. The summed E-state index contributed by atoms with van der Waals surface area (Å²) in [6, 6.07) is 0. The molecule has 0 amide bonds.